The quantitative estimate of drug-likeness (QED) is 0.840. The first-order valence-electron chi connectivity index (χ1n) is 6.62. The Kier molecular flexibility index (Phi) is 4.75. The third-order valence-corrected chi connectivity index (χ3v) is 2.99. The van der Waals surface area contributed by atoms with Gasteiger partial charge in [0, 0.05) is 12.7 Å². The van der Waals surface area contributed by atoms with Gasteiger partial charge >= 0.3 is 0 Å². The Labute approximate surface area is 108 Å². The van der Waals surface area contributed by atoms with Crippen LogP contribution in [0.5, 0.6) is 5.88 Å². The average Bonchev–Trinajstić information content (AvgIpc) is 2.91. The standard InChI is InChI=1S/C13H21N3O2/c1-3-6-18-13-8-12(14-9-15-13)16-10(2)11-5-4-7-17-11/h8-11H,3-7H2,1-2H3,(H,14,15,16). The average molecular weight is 251 g/mol. The number of anilines is 1. The highest BCUT2D eigenvalue weighted by atomic mass is 16.5. The maximum absolute atomic E-state index is 5.64. The summed E-state index contributed by atoms with van der Waals surface area (Å²) in [5, 5.41) is 3.34. The van der Waals surface area contributed by atoms with Crippen molar-refractivity contribution < 1.29 is 9.47 Å². The molecule has 1 N–H and O–H groups in total. The lowest BCUT2D eigenvalue weighted by Crippen LogP contribution is -2.30. The zero-order valence-electron chi connectivity index (χ0n) is 11.1. The molecule has 0 bridgehead atoms. The second-order valence-electron chi connectivity index (χ2n) is 4.57. The van der Waals surface area contributed by atoms with Gasteiger partial charge in [0.05, 0.1) is 18.8 Å². The van der Waals surface area contributed by atoms with E-state index in [0.717, 1.165) is 31.7 Å². The van der Waals surface area contributed by atoms with Crippen molar-refractivity contribution in [2.24, 2.45) is 0 Å². The van der Waals surface area contributed by atoms with Gasteiger partial charge in [0.25, 0.3) is 0 Å². The second kappa shape index (κ2) is 6.54. The normalized spacial score (nSPS) is 20.7. The number of nitrogens with one attached hydrogen (secondary N) is 1. The Hall–Kier alpha value is -1.36. The molecule has 1 aromatic rings. The molecule has 1 aliphatic heterocycles. The third-order valence-electron chi connectivity index (χ3n) is 2.99. The minimum atomic E-state index is 0.251. The molecule has 2 rings (SSSR count). The van der Waals surface area contributed by atoms with Crippen molar-refractivity contribution >= 4 is 5.82 Å². The van der Waals surface area contributed by atoms with Crippen LogP contribution in [0, 0.1) is 0 Å². The van der Waals surface area contributed by atoms with Gasteiger partial charge in [0.15, 0.2) is 0 Å². The van der Waals surface area contributed by atoms with Crippen LogP contribution in [-0.2, 0) is 4.74 Å². The first kappa shape index (κ1) is 13.1. The SMILES string of the molecule is CCCOc1cc(NC(C)C2CCCO2)ncn1. The molecule has 2 heterocycles. The highest BCUT2D eigenvalue weighted by molar-refractivity contribution is 5.38. The van der Waals surface area contributed by atoms with Crippen molar-refractivity contribution in [1.82, 2.24) is 9.97 Å². The van der Waals surface area contributed by atoms with Crippen molar-refractivity contribution in [3.63, 3.8) is 0 Å². The van der Waals surface area contributed by atoms with Gasteiger partial charge in [-0.2, -0.15) is 0 Å². The third kappa shape index (κ3) is 3.57. The zero-order chi connectivity index (χ0) is 12.8. The van der Waals surface area contributed by atoms with Gasteiger partial charge in [0.1, 0.15) is 12.1 Å². The van der Waals surface area contributed by atoms with Crippen LogP contribution in [0.3, 0.4) is 0 Å². The smallest absolute Gasteiger partial charge is 0.218 e. The molecule has 0 aliphatic carbocycles. The topological polar surface area (TPSA) is 56.3 Å². The fourth-order valence-corrected chi connectivity index (χ4v) is 2.03. The van der Waals surface area contributed by atoms with Gasteiger partial charge in [-0.15, -0.1) is 0 Å². The molecule has 5 nitrogen and oxygen atoms in total. The summed E-state index contributed by atoms with van der Waals surface area (Å²) in [5.74, 6) is 1.41. The van der Waals surface area contributed by atoms with E-state index in [-0.39, 0.29) is 12.1 Å². The Morgan fingerprint density at radius 2 is 2.44 bits per heavy atom. The molecule has 2 atom stereocenters. The molecule has 0 aromatic carbocycles. The zero-order valence-corrected chi connectivity index (χ0v) is 11.1. The van der Waals surface area contributed by atoms with Crippen molar-refractivity contribution in [2.75, 3.05) is 18.5 Å². The molecule has 1 aliphatic rings. The summed E-state index contributed by atoms with van der Waals surface area (Å²) in [4.78, 5) is 8.28. The monoisotopic (exact) mass is 251 g/mol. The van der Waals surface area contributed by atoms with E-state index in [1.165, 1.54) is 6.33 Å². The van der Waals surface area contributed by atoms with Gasteiger partial charge in [-0.05, 0) is 26.2 Å². The molecule has 100 valence electrons. The molecule has 18 heavy (non-hydrogen) atoms. The van der Waals surface area contributed by atoms with E-state index in [4.69, 9.17) is 9.47 Å². The molecular weight excluding hydrogens is 230 g/mol. The minimum Gasteiger partial charge on any atom is -0.478 e. The Bertz CT molecular complexity index is 367. The van der Waals surface area contributed by atoms with E-state index in [0.29, 0.717) is 12.5 Å². The molecular formula is C13H21N3O2. The molecule has 0 radical (unpaired) electrons. The van der Waals surface area contributed by atoms with E-state index in [1.54, 1.807) is 0 Å². The Morgan fingerprint density at radius 3 is 3.17 bits per heavy atom. The van der Waals surface area contributed by atoms with Crippen molar-refractivity contribution in [3.05, 3.63) is 12.4 Å². The maximum atomic E-state index is 5.64. The lowest BCUT2D eigenvalue weighted by Gasteiger charge is -2.20. The number of aromatic nitrogens is 2. The Balaban J connectivity index is 1.91. The first-order valence-corrected chi connectivity index (χ1v) is 6.62. The van der Waals surface area contributed by atoms with Crippen molar-refractivity contribution in [3.8, 4) is 5.88 Å². The molecule has 1 aromatic heterocycles. The number of ether oxygens (including phenoxy) is 2. The molecule has 0 saturated carbocycles. The highest BCUT2D eigenvalue weighted by Gasteiger charge is 2.22. The highest BCUT2D eigenvalue weighted by Crippen LogP contribution is 2.19. The molecule has 1 fully saturated rings. The van der Waals surface area contributed by atoms with Crippen LogP contribution < -0.4 is 10.1 Å². The van der Waals surface area contributed by atoms with Crippen molar-refractivity contribution in [1.29, 1.82) is 0 Å². The molecule has 5 heteroatoms. The summed E-state index contributed by atoms with van der Waals surface area (Å²) in [6.45, 7) is 5.73. The van der Waals surface area contributed by atoms with Crippen LogP contribution in [0.25, 0.3) is 0 Å². The van der Waals surface area contributed by atoms with E-state index < -0.39 is 0 Å². The van der Waals surface area contributed by atoms with E-state index in [9.17, 15) is 0 Å². The molecule has 2 unspecified atom stereocenters. The van der Waals surface area contributed by atoms with Gasteiger partial charge in [0.2, 0.25) is 5.88 Å². The summed E-state index contributed by atoms with van der Waals surface area (Å²) in [6, 6.07) is 2.09. The van der Waals surface area contributed by atoms with Crippen LogP contribution in [0.15, 0.2) is 12.4 Å². The van der Waals surface area contributed by atoms with E-state index in [2.05, 4.69) is 29.1 Å². The summed E-state index contributed by atoms with van der Waals surface area (Å²) >= 11 is 0. The molecule has 0 spiro atoms. The van der Waals surface area contributed by atoms with Crippen molar-refractivity contribution in [2.45, 2.75) is 45.3 Å². The van der Waals surface area contributed by atoms with Gasteiger partial charge in [-0.1, -0.05) is 6.92 Å². The van der Waals surface area contributed by atoms with Crippen LogP contribution in [0.1, 0.15) is 33.1 Å². The van der Waals surface area contributed by atoms with Gasteiger partial charge in [-0.25, -0.2) is 9.97 Å². The van der Waals surface area contributed by atoms with E-state index >= 15 is 0 Å². The van der Waals surface area contributed by atoms with Crippen LogP contribution in [-0.4, -0.2) is 35.3 Å². The number of hydrogen-bond acceptors (Lipinski definition) is 5. The summed E-state index contributed by atoms with van der Waals surface area (Å²) in [5.41, 5.74) is 0. The second-order valence-corrected chi connectivity index (χ2v) is 4.57. The van der Waals surface area contributed by atoms with Crippen LogP contribution in [0.4, 0.5) is 5.82 Å². The molecule has 1 saturated heterocycles. The van der Waals surface area contributed by atoms with Crippen LogP contribution in [0.2, 0.25) is 0 Å². The predicted molar refractivity (Wildman–Crippen MR) is 69.9 cm³/mol. The lowest BCUT2D eigenvalue weighted by atomic mass is 10.1. The number of hydrogen-bond donors (Lipinski definition) is 1. The molecule has 0 amide bonds. The predicted octanol–water partition coefficient (Wildman–Crippen LogP) is 2.24. The van der Waals surface area contributed by atoms with Gasteiger partial charge < -0.3 is 14.8 Å². The summed E-state index contributed by atoms with van der Waals surface area (Å²) < 4.78 is 11.1. The number of rotatable bonds is 6. The fourth-order valence-electron chi connectivity index (χ4n) is 2.03. The van der Waals surface area contributed by atoms with Gasteiger partial charge in [-0.3, -0.25) is 0 Å². The first-order chi connectivity index (χ1) is 8.79. The minimum absolute atomic E-state index is 0.251. The summed E-state index contributed by atoms with van der Waals surface area (Å²) in [6.07, 6.45) is 5.03. The van der Waals surface area contributed by atoms with Crippen LogP contribution >= 0.6 is 0 Å². The fraction of sp³-hybridized carbons (Fsp3) is 0.692. The maximum Gasteiger partial charge on any atom is 0.218 e. The Morgan fingerprint density at radius 1 is 1.56 bits per heavy atom. The number of nitrogens with zero attached hydrogens (tertiary/aromatic N) is 2. The largest absolute Gasteiger partial charge is 0.478 e. The summed E-state index contributed by atoms with van der Waals surface area (Å²) in [7, 11) is 0. The van der Waals surface area contributed by atoms with E-state index in [1.807, 2.05) is 6.07 Å². The lowest BCUT2D eigenvalue weighted by molar-refractivity contribution is 0.0995.